The number of anilines is 1. The van der Waals surface area contributed by atoms with Crippen LogP contribution in [0.15, 0.2) is 0 Å². The maximum Gasteiger partial charge on any atom is 0.407 e. The van der Waals surface area contributed by atoms with Crippen LogP contribution in [0.3, 0.4) is 0 Å². The molecule has 1 heterocycles. The number of nitrogens with one attached hydrogen (secondary N) is 1. The highest BCUT2D eigenvalue weighted by Crippen LogP contribution is 2.28. The monoisotopic (exact) mass is 303 g/mol. The van der Waals surface area contributed by atoms with E-state index in [0.717, 1.165) is 11.3 Å². The van der Waals surface area contributed by atoms with Crippen molar-refractivity contribution < 1.29 is 19.7 Å². The third-order valence-electron chi connectivity index (χ3n) is 2.34. The predicted molar refractivity (Wildman–Crippen MR) is 76.5 cm³/mol. The molecule has 0 radical (unpaired) electrons. The van der Waals surface area contributed by atoms with E-state index in [1.807, 2.05) is 0 Å². The Bertz CT molecular complexity index is 470. The van der Waals surface area contributed by atoms with Gasteiger partial charge in [-0.15, -0.1) is 0 Å². The predicted octanol–water partition coefficient (Wildman–Crippen LogP) is 0.953. The Morgan fingerprint density at radius 1 is 1.50 bits per heavy atom. The van der Waals surface area contributed by atoms with Crippen LogP contribution in [0.5, 0.6) is 0 Å². The minimum Gasteiger partial charge on any atom is -0.444 e. The maximum absolute atomic E-state index is 11.4. The van der Waals surface area contributed by atoms with Gasteiger partial charge < -0.3 is 26.0 Å². The van der Waals surface area contributed by atoms with E-state index in [0.29, 0.717) is 15.7 Å². The summed E-state index contributed by atoms with van der Waals surface area (Å²) < 4.78 is 5.03. The Hall–Kier alpha value is -1.38. The fraction of sp³-hybridized carbons (Fsp3) is 0.667. The van der Waals surface area contributed by atoms with Gasteiger partial charge in [-0.05, 0) is 27.7 Å². The van der Waals surface area contributed by atoms with Crippen LogP contribution in [-0.4, -0.2) is 39.5 Å². The lowest BCUT2D eigenvalue weighted by Crippen LogP contribution is -2.38. The number of carbonyl (C=O) groups excluding carboxylic acids is 1. The summed E-state index contributed by atoms with van der Waals surface area (Å²) in [6, 6.07) is 0. The van der Waals surface area contributed by atoms with E-state index < -0.39 is 23.9 Å². The second kappa shape index (κ2) is 6.38. The summed E-state index contributed by atoms with van der Waals surface area (Å²) in [5.74, 6) is 0. The lowest BCUT2D eigenvalue weighted by atomic mass is 10.1. The molecule has 20 heavy (non-hydrogen) atoms. The Kier molecular flexibility index (Phi) is 5.32. The van der Waals surface area contributed by atoms with E-state index in [4.69, 9.17) is 10.5 Å². The van der Waals surface area contributed by atoms with Crippen LogP contribution in [0.25, 0.3) is 0 Å². The van der Waals surface area contributed by atoms with Gasteiger partial charge in [0.25, 0.3) is 0 Å². The minimum atomic E-state index is -1.17. The summed E-state index contributed by atoms with van der Waals surface area (Å²) in [5.41, 5.74) is 5.49. The molecule has 0 saturated carbocycles. The molecule has 8 heteroatoms. The zero-order valence-corrected chi connectivity index (χ0v) is 12.8. The Morgan fingerprint density at radius 2 is 2.10 bits per heavy atom. The lowest BCUT2D eigenvalue weighted by molar-refractivity contribution is 0.0143. The second-order valence-electron chi connectivity index (χ2n) is 5.40. The van der Waals surface area contributed by atoms with Gasteiger partial charge in [-0.2, -0.15) is 0 Å². The van der Waals surface area contributed by atoms with Crippen molar-refractivity contribution in [2.24, 2.45) is 0 Å². The van der Waals surface area contributed by atoms with E-state index in [9.17, 15) is 15.0 Å². The van der Waals surface area contributed by atoms with Crippen LogP contribution in [0.4, 0.5) is 9.93 Å². The quantitative estimate of drug-likeness (QED) is 0.658. The van der Waals surface area contributed by atoms with Crippen molar-refractivity contribution in [1.29, 1.82) is 0 Å². The summed E-state index contributed by atoms with van der Waals surface area (Å²) in [5, 5.41) is 22.6. The topological polar surface area (TPSA) is 118 Å². The third-order valence-corrected chi connectivity index (χ3v) is 3.39. The van der Waals surface area contributed by atoms with Crippen LogP contribution in [0, 0.1) is 6.92 Å². The van der Waals surface area contributed by atoms with Crippen LogP contribution >= 0.6 is 11.3 Å². The highest BCUT2D eigenvalue weighted by atomic mass is 32.1. The molecule has 5 N–H and O–H groups in total. The number of aryl methyl sites for hydroxylation is 1. The van der Waals surface area contributed by atoms with Gasteiger partial charge in [0.1, 0.15) is 17.8 Å². The van der Waals surface area contributed by atoms with Gasteiger partial charge in [-0.1, -0.05) is 11.3 Å². The van der Waals surface area contributed by atoms with Gasteiger partial charge in [-0.25, -0.2) is 9.78 Å². The van der Waals surface area contributed by atoms with Crippen molar-refractivity contribution in [2.75, 3.05) is 12.3 Å². The number of alkyl carbamates (subject to hydrolysis) is 1. The SMILES string of the molecule is Cc1nc(N)sc1C(O)C(O)CNC(=O)OC(C)(C)C. The molecule has 0 fully saturated rings. The first-order chi connectivity index (χ1) is 9.10. The molecule has 0 aliphatic heterocycles. The second-order valence-corrected chi connectivity index (χ2v) is 6.46. The fourth-order valence-corrected chi connectivity index (χ4v) is 2.37. The van der Waals surface area contributed by atoms with Gasteiger partial charge in [0.2, 0.25) is 0 Å². The standard InChI is InChI=1S/C12H21N3O4S/c1-6-9(20-10(13)15-6)8(17)7(16)5-14-11(18)19-12(2,3)4/h7-8,16-17H,5H2,1-4H3,(H2,13,15)(H,14,18). The molecule has 114 valence electrons. The number of nitrogen functional groups attached to an aromatic ring is 1. The van der Waals surface area contributed by atoms with Crippen LogP contribution < -0.4 is 11.1 Å². The number of ether oxygens (including phenoxy) is 1. The molecule has 1 rings (SSSR count). The molecule has 7 nitrogen and oxygen atoms in total. The van der Waals surface area contributed by atoms with Crippen LogP contribution in [0.1, 0.15) is 37.4 Å². The molecule has 0 spiro atoms. The number of nitrogens with two attached hydrogens (primary N) is 1. The molecule has 2 unspecified atom stereocenters. The average molecular weight is 303 g/mol. The molecule has 1 amide bonds. The van der Waals surface area contributed by atoms with E-state index in [2.05, 4.69) is 10.3 Å². The first-order valence-corrected chi connectivity index (χ1v) is 6.97. The summed E-state index contributed by atoms with van der Waals surface area (Å²) in [6.07, 6.45) is -2.97. The summed E-state index contributed by atoms with van der Waals surface area (Å²) >= 11 is 1.11. The maximum atomic E-state index is 11.4. The minimum absolute atomic E-state index is 0.132. The molecule has 1 aromatic heterocycles. The number of hydrogen-bond acceptors (Lipinski definition) is 7. The Morgan fingerprint density at radius 3 is 2.55 bits per heavy atom. The molecule has 0 bridgehead atoms. The third kappa shape index (κ3) is 4.95. The lowest BCUT2D eigenvalue weighted by Gasteiger charge is -2.21. The molecule has 0 aliphatic carbocycles. The number of amides is 1. The molecule has 0 aliphatic rings. The number of carbonyl (C=O) groups is 1. The smallest absolute Gasteiger partial charge is 0.407 e. The number of aromatic nitrogens is 1. The van der Waals surface area contributed by atoms with Crippen molar-refractivity contribution in [2.45, 2.75) is 45.5 Å². The number of nitrogens with zero attached hydrogens (tertiary/aromatic N) is 1. The number of aliphatic hydroxyl groups excluding tert-OH is 2. The highest BCUT2D eigenvalue weighted by Gasteiger charge is 2.24. The first kappa shape index (κ1) is 16.7. The summed E-state index contributed by atoms with van der Waals surface area (Å²) in [7, 11) is 0. The normalized spacial score (nSPS) is 14.7. The average Bonchev–Trinajstić information content (AvgIpc) is 2.62. The van der Waals surface area contributed by atoms with Crippen molar-refractivity contribution in [3.8, 4) is 0 Å². The number of thiazole rings is 1. The van der Waals surface area contributed by atoms with E-state index >= 15 is 0 Å². The van der Waals surface area contributed by atoms with E-state index in [-0.39, 0.29) is 6.54 Å². The van der Waals surface area contributed by atoms with E-state index in [1.54, 1.807) is 27.7 Å². The Balaban J connectivity index is 2.52. The molecule has 0 saturated heterocycles. The first-order valence-electron chi connectivity index (χ1n) is 6.16. The highest BCUT2D eigenvalue weighted by molar-refractivity contribution is 7.15. The fourth-order valence-electron chi connectivity index (χ4n) is 1.49. The van der Waals surface area contributed by atoms with Crippen molar-refractivity contribution >= 4 is 22.6 Å². The largest absolute Gasteiger partial charge is 0.444 e. The zero-order chi connectivity index (χ0) is 15.5. The number of aliphatic hydroxyl groups is 2. The molecular weight excluding hydrogens is 282 g/mol. The van der Waals surface area contributed by atoms with Gasteiger partial charge in [0, 0.05) is 6.54 Å². The Labute approximate surface area is 121 Å². The molecule has 0 aromatic carbocycles. The zero-order valence-electron chi connectivity index (χ0n) is 12.0. The van der Waals surface area contributed by atoms with E-state index in [1.165, 1.54) is 0 Å². The van der Waals surface area contributed by atoms with Gasteiger partial charge in [-0.3, -0.25) is 0 Å². The van der Waals surface area contributed by atoms with Crippen molar-refractivity contribution in [3.63, 3.8) is 0 Å². The van der Waals surface area contributed by atoms with Gasteiger partial charge in [0.05, 0.1) is 10.6 Å². The molecule has 1 aromatic rings. The number of hydrogen-bond donors (Lipinski definition) is 4. The van der Waals surface area contributed by atoms with Gasteiger partial charge >= 0.3 is 6.09 Å². The molecular formula is C12H21N3O4S. The van der Waals surface area contributed by atoms with Crippen LogP contribution in [0.2, 0.25) is 0 Å². The number of rotatable bonds is 4. The van der Waals surface area contributed by atoms with Crippen molar-refractivity contribution in [1.82, 2.24) is 10.3 Å². The summed E-state index contributed by atoms with van der Waals surface area (Å²) in [6.45, 7) is 6.77. The van der Waals surface area contributed by atoms with Gasteiger partial charge in [0.15, 0.2) is 5.13 Å². The van der Waals surface area contributed by atoms with Crippen molar-refractivity contribution in [3.05, 3.63) is 10.6 Å². The van der Waals surface area contributed by atoms with Crippen LogP contribution in [-0.2, 0) is 4.74 Å². The molecule has 2 atom stereocenters. The summed E-state index contributed by atoms with van der Waals surface area (Å²) in [4.78, 5) is 15.9.